The third-order valence-corrected chi connectivity index (χ3v) is 7.02. The quantitative estimate of drug-likeness (QED) is 0.525. The fourth-order valence-electron chi connectivity index (χ4n) is 4.72. The Morgan fingerprint density at radius 1 is 0.971 bits per heavy atom. The average molecular weight is 501 g/mol. The van der Waals surface area contributed by atoms with Crippen LogP contribution in [0.1, 0.15) is 35.9 Å². The van der Waals surface area contributed by atoms with E-state index >= 15 is 0 Å². The van der Waals surface area contributed by atoms with E-state index in [-0.39, 0.29) is 11.7 Å². The van der Waals surface area contributed by atoms with Crippen molar-refractivity contribution in [3.8, 4) is 17.2 Å². The number of carbonyl (C=O) groups excluding carboxylic acids is 1. The first-order chi connectivity index (χ1) is 16.4. The monoisotopic (exact) mass is 500 g/mol. The second kappa shape index (κ2) is 8.85. The van der Waals surface area contributed by atoms with Crippen LogP contribution in [0, 0.1) is 0 Å². The second-order valence-electron chi connectivity index (χ2n) is 8.11. The third kappa shape index (κ3) is 3.67. The summed E-state index contributed by atoms with van der Waals surface area (Å²) < 4.78 is 18.2. The first kappa shape index (κ1) is 22.6. The number of nitrogens with one attached hydrogen (secondary N) is 1. The van der Waals surface area contributed by atoms with Gasteiger partial charge in [0.05, 0.1) is 31.4 Å². The van der Waals surface area contributed by atoms with Crippen LogP contribution in [0.25, 0.3) is 0 Å². The Morgan fingerprint density at radius 3 is 2.35 bits per heavy atom. The normalized spacial score (nSPS) is 19.3. The van der Waals surface area contributed by atoms with Crippen LogP contribution in [0.3, 0.4) is 0 Å². The Balaban J connectivity index is 1.58. The average Bonchev–Trinajstić information content (AvgIpc) is 3.31. The number of nitrogens with zero attached hydrogens (tertiary/aromatic N) is 3. The number of ketones is 1. The summed E-state index contributed by atoms with van der Waals surface area (Å²) in [5, 5.41) is 8.55. The molecule has 0 bridgehead atoms. The van der Waals surface area contributed by atoms with Crippen molar-refractivity contribution in [2.24, 2.45) is 0 Å². The summed E-state index contributed by atoms with van der Waals surface area (Å²) in [5.74, 6) is 2.11. The molecule has 0 saturated carbocycles. The van der Waals surface area contributed by atoms with E-state index in [4.69, 9.17) is 37.4 Å². The Labute approximate surface area is 206 Å². The maximum atomic E-state index is 13.6. The van der Waals surface area contributed by atoms with Crippen molar-refractivity contribution in [1.29, 1.82) is 0 Å². The van der Waals surface area contributed by atoms with Gasteiger partial charge in [-0.1, -0.05) is 29.3 Å². The highest BCUT2D eigenvalue weighted by atomic mass is 35.5. The number of halogens is 2. The van der Waals surface area contributed by atoms with Gasteiger partial charge in [0, 0.05) is 17.7 Å². The highest BCUT2D eigenvalue weighted by Crippen LogP contribution is 2.47. The Kier molecular flexibility index (Phi) is 5.87. The summed E-state index contributed by atoms with van der Waals surface area (Å²) in [6.45, 7) is 0. The highest BCUT2D eigenvalue weighted by molar-refractivity contribution is 6.42. The molecule has 2 aliphatic rings. The van der Waals surface area contributed by atoms with E-state index < -0.39 is 6.04 Å². The van der Waals surface area contributed by atoms with Gasteiger partial charge in [-0.25, -0.2) is 4.68 Å². The molecule has 2 heterocycles. The molecule has 8 nitrogen and oxygen atoms in total. The number of allylic oxidation sites excluding steroid dienone is 2. The van der Waals surface area contributed by atoms with Gasteiger partial charge in [0.25, 0.3) is 0 Å². The Bertz CT molecular complexity index is 1300. The van der Waals surface area contributed by atoms with Crippen LogP contribution in [0.15, 0.2) is 47.9 Å². The van der Waals surface area contributed by atoms with Crippen molar-refractivity contribution in [3.05, 3.63) is 69.1 Å². The molecular formula is C24H22Cl2N4O4. The van der Waals surface area contributed by atoms with Gasteiger partial charge in [0.15, 0.2) is 17.3 Å². The summed E-state index contributed by atoms with van der Waals surface area (Å²) in [7, 11) is 4.71. The standard InChI is InChI=1S/C24H22Cl2N4O4/c1-32-19-9-14(10-20(33-2)23(19)34-3)13-7-17-21(18(31)8-13)22(30-24(29-17)27-11-28-30)12-4-5-15(25)16(26)6-12/h4-6,9-11,13,22H,7-8H2,1-3H3,(H,27,28,29). The largest absolute Gasteiger partial charge is 0.493 e. The zero-order valence-corrected chi connectivity index (χ0v) is 20.3. The van der Waals surface area contributed by atoms with Crippen molar-refractivity contribution in [3.63, 3.8) is 0 Å². The summed E-state index contributed by atoms with van der Waals surface area (Å²) in [5.41, 5.74) is 3.20. The number of ether oxygens (including phenoxy) is 3. The maximum Gasteiger partial charge on any atom is 0.226 e. The second-order valence-corrected chi connectivity index (χ2v) is 8.92. The maximum absolute atomic E-state index is 13.6. The zero-order valence-electron chi connectivity index (χ0n) is 18.8. The molecule has 1 aliphatic heterocycles. The minimum absolute atomic E-state index is 0.0183. The van der Waals surface area contributed by atoms with E-state index in [2.05, 4.69) is 15.4 Å². The predicted molar refractivity (Wildman–Crippen MR) is 128 cm³/mol. The molecule has 1 N–H and O–H groups in total. The molecule has 0 saturated heterocycles. The summed E-state index contributed by atoms with van der Waals surface area (Å²) in [4.78, 5) is 17.9. The van der Waals surface area contributed by atoms with Gasteiger partial charge in [-0.3, -0.25) is 4.79 Å². The number of anilines is 1. The molecule has 10 heteroatoms. The van der Waals surface area contributed by atoms with Gasteiger partial charge in [-0.2, -0.15) is 10.1 Å². The smallest absolute Gasteiger partial charge is 0.226 e. The van der Waals surface area contributed by atoms with Crippen LogP contribution in [0.4, 0.5) is 5.95 Å². The number of benzene rings is 2. The van der Waals surface area contributed by atoms with E-state index in [0.717, 1.165) is 16.8 Å². The molecule has 2 aromatic carbocycles. The van der Waals surface area contributed by atoms with Crippen LogP contribution in [-0.2, 0) is 4.79 Å². The topological polar surface area (TPSA) is 87.5 Å². The van der Waals surface area contributed by atoms with Gasteiger partial charge in [-0.15, -0.1) is 0 Å². The van der Waals surface area contributed by atoms with Gasteiger partial charge in [-0.05, 0) is 47.7 Å². The third-order valence-electron chi connectivity index (χ3n) is 6.28. The highest BCUT2D eigenvalue weighted by Gasteiger charge is 2.39. The molecule has 0 radical (unpaired) electrons. The predicted octanol–water partition coefficient (Wildman–Crippen LogP) is 5.03. The number of rotatable bonds is 5. The fourth-order valence-corrected chi connectivity index (χ4v) is 5.02. The lowest BCUT2D eigenvalue weighted by molar-refractivity contribution is -0.116. The number of aromatic nitrogens is 3. The van der Waals surface area contributed by atoms with Crippen molar-refractivity contribution < 1.29 is 19.0 Å². The fraction of sp³-hybridized carbons (Fsp3) is 0.292. The van der Waals surface area contributed by atoms with E-state index in [0.29, 0.717) is 51.7 Å². The molecule has 1 aromatic heterocycles. The van der Waals surface area contributed by atoms with Crippen LogP contribution < -0.4 is 19.5 Å². The first-order valence-electron chi connectivity index (χ1n) is 10.6. The van der Waals surface area contributed by atoms with Crippen LogP contribution in [-0.4, -0.2) is 41.9 Å². The first-order valence-corrected chi connectivity index (χ1v) is 11.4. The lowest BCUT2D eigenvalue weighted by atomic mass is 9.77. The molecule has 0 fully saturated rings. The molecule has 2 unspecified atom stereocenters. The molecule has 34 heavy (non-hydrogen) atoms. The van der Waals surface area contributed by atoms with Gasteiger partial charge in [0.2, 0.25) is 11.7 Å². The molecule has 1 aliphatic carbocycles. The molecule has 176 valence electrons. The van der Waals surface area contributed by atoms with Crippen molar-refractivity contribution in [2.75, 3.05) is 26.6 Å². The Morgan fingerprint density at radius 2 is 1.71 bits per heavy atom. The van der Waals surface area contributed by atoms with E-state index in [1.807, 2.05) is 18.2 Å². The SMILES string of the molecule is COc1cc(C2CC(=O)C3=C(C2)Nc2ncnn2C3c2ccc(Cl)c(Cl)c2)cc(OC)c1OC. The lowest BCUT2D eigenvalue weighted by Crippen LogP contribution is -2.33. The number of fused-ring (bicyclic) bond motifs is 1. The molecule has 0 spiro atoms. The number of hydrogen-bond acceptors (Lipinski definition) is 7. The molecule has 3 aromatic rings. The van der Waals surface area contributed by atoms with Crippen LogP contribution in [0.5, 0.6) is 17.2 Å². The van der Waals surface area contributed by atoms with Crippen molar-refractivity contribution in [1.82, 2.24) is 14.8 Å². The van der Waals surface area contributed by atoms with Gasteiger partial charge in [0.1, 0.15) is 12.4 Å². The number of carbonyl (C=O) groups is 1. The molecule has 2 atom stereocenters. The number of Topliss-reactive ketones (excluding diaryl/α,β-unsaturated/α-hetero) is 1. The van der Waals surface area contributed by atoms with Crippen molar-refractivity contribution in [2.45, 2.75) is 24.8 Å². The molecule has 0 amide bonds. The summed E-state index contributed by atoms with van der Waals surface area (Å²) >= 11 is 12.4. The minimum atomic E-state index is -0.447. The summed E-state index contributed by atoms with van der Waals surface area (Å²) in [6, 6.07) is 8.70. The van der Waals surface area contributed by atoms with E-state index in [9.17, 15) is 4.79 Å². The summed E-state index contributed by atoms with van der Waals surface area (Å²) in [6.07, 6.45) is 2.39. The van der Waals surface area contributed by atoms with Crippen LogP contribution in [0.2, 0.25) is 10.0 Å². The molecular weight excluding hydrogens is 479 g/mol. The van der Waals surface area contributed by atoms with Gasteiger partial charge < -0.3 is 19.5 Å². The van der Waals surface area contributed by atoms with Crippen LogP contribution >= 0.6 is 23.2 Å². The minimum Gasteiger partial charge on any atom is -0.493 e. The van der Waals surface area contributed by atoms with E-state index in [1.54, 1.807) is 38.1 Å². The van der Waals surface area contributed by atoms with Crippen molar-refractivity contribution >= 4 is 34.9 Å². The number of hydrogen-bond donors (Lipinski definition) is 1. The lowest BCUT2D eigenvalue weighted by Gasteiger charge is -2.35. The van der Waals surface area contributed by atoms with E-state index in [1.165, 1.54) is 6.33 Å². The zero-order chi connectivity index (χ0) is 24.0. The number of methoxy groups -OCH3 is 3. The molecule has 5 rings (SSSR count). The Hall–Kier alpha value is -3.23. The van der Waals surface area contributed by atoms with Gasteiger partial charge >= 0.3 is 0 Å².